The van der Waals surface area contributed by atoms with Crippen LogP contribution in [0.15, 0.2) is 18.2 Å². The zero-order valence-electron chi connectivity index (χ0n) is 8.34. The second kappa shape index (κ2) is 5.15. The van der Waals surface area contributed by atoms with Crippen LogP contribution in [0.4, 0.5) is 4.39 Å². The van der Waals surface area contributed by atoms with Crippen molar-refractivity contribution < 1.29 is 9.18 Å². The lowest BCUT2D eigenvalue weighted by molar-refractivity contribution is 0.0985. The number of halogens is 1. The Morgan fingerprint density at radius 2 is 2.21 bits per heavy atom. The lowest BCUT2D eigenvalue weighted by Crippen LogP contribution is -2.03. The summed E-state index contributed by atoms with van der Waals surface area (Å²) in [5.74, 6) is 0.217. The number of benzene rings is 1. The Bertz CT molecular complexity index is 336. The van der Waals surface area contributed by atoms with Crippen molar-refractivity contribution in [2.75, 3.05) is 12.0 Å². The lowest BCUT2D eigenvalue weighted by atomic mass is 10.1. The predicted molar refractivity (Wildman–Crippen MR) is 58.5 cm³/mol. The maximum atomic E-state index is 13.2. The molecule has 0 bridgehead atoms. The molecule has 0 aliphatic carbocycles. The van der Waals surface area contributed by atoms with E-state index in [1.165, 1.54) is 6.07 Å². The first-order chi connectivity index (χ1) is 6.65. The largest absolute Gasteiger partial charge is 0.294 e. The molecule has 0 N–H and O–H groups in total. The van der Waals surface area contributed by atoms with Crippen molar-refractivity contribution in [3.8, 4) is 0 Å². The quantitative estimate of drug-likeness (QED) is 0.713. The predicted octanol–water partition coefficient (Wildman–Crippen LogP) is 3.07. The van der Waals surface area contributed by atoms with Gasteiger partial charge in [0.1, 0.15) is 5.82 Å². The molecule has 0 heterocycles. The molecule has 1 aromatic rings. The fraction of sp³-hybridized carbons (Fsp3) is 0.364. The molecule has 0 radical (unpaired) electrons. The minimum Gasteiger partial charge on any atom is -0.294 e. The number of rotatable bonds is 4. The van der Waals surface area contributed by atoms with Gasteiger partial charge in [0.2, 0.25) is 0 Å². The summed E-state index contributed by atoms with van der Waals surface area (Å²) >= 11 is 1.59. The Morgan fingerprint density at radius 1 is 1.50 bits per heavy atom. The van der Waals surface area contributed by atoms with Gasteiger partial charge < -0.3 is 0 Å². The summed E-state index contributed by atoms with van der Waals surface area (Å²) < 4.78 is 13.2. The second-order valence-corrected chi connectivity index (χ2v) is 4.13. The maximum Gasteiger partial charge on any atom is 0.166 e. The summed E-state index contributed by atoms with van der Waals surface area (Å²) in [4.78, 5) is 11.5. The first-order valence-electron chi connectivity index (χ1n) is 4.43. The van der Waals surface area contributed by atoms with Gasteiger partial charge in [-0.2, -0.15) is 11.8 Å². The van der Waals surface area contributed by atoms with Gasteiger partial charge in [0.15, 0.2) is 5.78 Å². The van der Waals surface area contributed by atoms with Gasteiger partial charge in [-0.15, -0.1) is 0 Å². The first-order valence-corrected chi connectivity index (χ1v) is 5.83. The Balaban J connectivity index is 2.83. The number of Topliss-reactive ketones (excluding diaryl/α,β-unsaturated/α-hetero) is 1. The minimum absolute atomic E-state index is 0.111. The molecule has 1 aromatic carbocycles. The van der Waals surface area contributed by atoms with E-state index >= 15 is 0 Å². The molecule has 3 heteroatoms. The summed E-state index contributed by atoms with van der Waals surface area (Å²) in [5.41, 5.74) is 1.14. The minimum atomic E-state index is -0.415. The topological polar surface area (TPSA) is 17.1 Å². The van der Waals surface area contributed by atoms with E-state index in [2.05, 4.69) is 0 Å². The SMILES string of the molecule is CSCCC(=O)c1cc(C)ccc1F. The third-order valence-corrected chi connectivity index (χ3v) is 2.57. The van der Waals surface area contributed by atoms with Crippen LogP contribution in [0.5, 0.6) is 0 Å². The van der Waals surface area contributed by atoms with Crippen molar-refractivity contribution in [3.63, 3.8) is 0 Å². The highest BCUT2D eigenvalue weighted by atomic mass is 32.2. The van der Waals surface area contributed by atoms with Crippen LogP contribution < -0.4 is 0 Å². The molecule has 0 saturated carbocycles. The van der Waals surface area contributed by atoms with Gasteiger partial charge in [-0.3, -0.25) is 4.79 Å². The highest BCUT2D eigenvalue weighted by Gasteiger charge is 2.10. The standard InChI is InChI=1S/C11H13FOS/c1-8-3-4-10(12)9(7-8)11(13)5-6-14-2/h3-4,7H,5-6H2,1-2H3. The van der Waals surface area contributed by atoms with Gasteiger partial charge >= 0.3 is 0 Å². The number of ketones is 1. The average molecular weight is 212 g/mol. The van der Waals surface area contributed by atoms with E-state index in [1.54, 1.807) is 23.9 Å². The van der Waals surface area contributed by atoms with Crippen LogP contribution in [0.25, 0.3) is 0 Å². The van der Waals surface area contributed by atoms with Gasteiger partial charge in [0, 0.05) is 12.2 Å². The monoisotopic (exact) mass is 212 g/mol. The summed E-state index contributed by atoms with van der Waals surface area (Å²) in [6.07, 6.45) is 2.33. The number of carbonyl (C=O) groups excluding carboxylic acids is 1. The van der Waals surface area contributed by atoms with Crippen LogP contribution in [-0.2, 0) is 0 Å². The molecule has 0 unspecified atom stereocenters. The fourth-order valence-corrected chi connectivity index (χ4v) is 1.57. The van der Waals surface area contributed by atoms with Crippen molar-refractivity contribution in [3.05, 3.63) is 35.1 Å². The first kappa shape index (κ1) is 11.2. The van der Waals surface area contributed by atoms with Crippen LogP contribution in [0.1, 0.15) is 22.3 Å². The number of hydrogen-bond acceptors (Lipinski definition) is 2. The number of hydrogen-bond donors (Lipinski definition) is 0. The average Bonchev–Trinajstić information content (AvgIpc) is 2.18. The molecule has 76 valence electrons. The van der Waals surface area contributed by atoms with E-state index in [9.17, 15) is 9.18 Å². The van der Waals surface area contributed by atoms with Gasteiger partial charge in [-0.05, 0) is 25.3 Å². The second-order valence-electron chi connectivity index (χ2n) is 3.15. The van der Waals surface area contributed by atoms with Gasteiger partial charge in [0.05, 0.1) is 5.56 Å². The zero-order chi connectivity index (χ0) is 10.6. The molecule has 0 aromatic heterocycles. The van der Waals surface area contributed by atoms with Crippen LogP contribution in [0, 0.1) is 12.7 Å². The fourth-order valence-electron chi connectivity index (χ4n) is 1.18. The van der Waals surface area contributed by atoms with Crippen molar-refractivity contribution in [1.29, 1.82) is 0 Å². The van der Waals surface area contributed by atoms with Gasteiger partial charge in [-0.1, -0.05) is 11.6 Å². The van der Waals surface area contributed by atoms with E-state index in [0.717, 1.165) is 11.3 Å². The number of thioether (sulfide) groups is 1. The van der Waals surface area contributed by atoms with Crippen molar-refractivity contribution >= 4 is 17.5 Å². The van der Waals surface area contributed by atoms with Crippen molar-refractivity contribution in [2.45, 2.75) is 13.3 Å². The third-order valence-electron chi connectivity index (χ3n) is 1.96. The molecule has 1 nitrogen and oxygen atoms in total. The Kier molecular flexibility index (Phi) is 4.14. The Hall–Kier alpha value is -0.830. The smallest absolute Gasteiger partial charge is 0.166 e. The third kappa shape index (κ3) is 2.84. The van der Waals surface area contributed by atoms with E-state index in [1.807, 2.05) is 13.2 Å². The number of aryl methyl sites for hydroxylation is 1. The molecule has 0 spiro atoms. The van der Waals surface area contributed by atoms with Crippen LogP contribution in [-0.4, -0.2) is 17.8 Å². The summed E-state index contributed by atoms with van der Waals surface area (Å²) in [6, 6.07) is 4.63. The normalized spacial score (nSPS) is 10.2. The number of carbonyl (C=O) groups is 1. The molecule has 0 saturated heterocycles. The molecule has 0 atom stereocenters. The molecule has 1 rings (SSSR count). The lowest BCUT2D eigenvalue weighted by Gasteiger charge is -2.02. The van der Waals surface area contributed by atoms with Crippen LogP contribution in [0.3, 0.4) is 0 Å². The van der Waals surface area contributed by atoms with E-state index in [0.29, 0.717) is 6.42 Å². The molecule has 0 aliphatic rings. The summed E-state index contributed by atoms with van der Waals surface area (Å²) in [6.45, 7) is 1.85. The zero-order valence-corrected chi connectivity index (χ0v) is 9.16. The van der Waals surface area contributed by atoms with Crippen LogP contribution >= 0.6 is 11.8 Å². The Morgan fingerprint density at radius 3 is 2.86 bits per heavy atom. The summed E-state index contributed by atoms with van der Waals surface area (Å²) in [5, 5.41) is 0. The highest BCUT2D eigenvalue weighted by molar-refractivity contribution is 7.98. The van der Waals surface area contributed by atoms with Gasteiger partial charge in [-0.25, -0.2) is 4.39 Å². The van der Waals surface area contributed by atoms with E-state index < -0.39 is 5.82 Å². The van der Waals surface area contributed by atoms with Crippen LogP contribution in [0.2, 0.25) is 0 Å². The van der Waals surface area contributed by atoms with Crippen molar-refractivity contribution in [2.24, 2.45) is 0 Å². The molecule has 0 amide bonds. The Labute approximate surface area is 87.7 Å². The molecule has 0 fully saturated rings. The van der Waals surface area contributed by atoms with E-state index in [-0.39, 0.29) is 11.3 Å². The molecule has 0 aliphatic heterocycles. The maximum absolute atomic E-state index is 13.2. The molecular weight excluding hydrogens is 199 g/mol. The van der Waals surface area contributed by atoms with Gasteiger partial charge in [0.25, 0.3) is 0 Å². The molecular formula is C11H13FOS. The molecule has 14 heavy (non-hydrogen) atoms. The summed E-state index contributed by atoms with van der Waals surface area (Å²) in [7, 11) is 0. The highest BCUT2D eigenvalue weighted by Crippen LogP contribution is 2.13. The van der Waals surface area contributed by atoms with E-state index in [4.69, 9.17) is 0 Å². The van der Waals surface area contributed by atoms with Crippen molar-refractivity contribution in [1.82, 2.24) is 0 Å².